The first-order valence-corrected chi connectivity index (χ1v) is 16.7. The van der Waals surface area contributed by atoms with Gasteiger partial charge in [0.05, 0.1) is 11.0 Å². The SMILES string of the molecule is c1ccc(-c2ccc(-n3c4ccccc4c4cc5oc6cccc(-c7nc(-c8ccccc8)nc(-c8ccccc8)n7)c6c5cc43)cc2)cc1. The van der Waals surface area contributed by atoms with E-state index in [9.17, 15) is 0 Å². The molecule has 0 saturated carbocycles. The quantitative estimate of drug-likeness (QED) is 0.188. The highest BCUT2D eigenvalue weighted by Gasteiger charge is 2.20. The van der Waals surface area contributed by atoms with Crippen LogP contribution < -0.4 is 0 Å². The minimum atomic E-state index is 0.600. The molecule has 0 aliphatic heterocycles. The van der Waals surface area contributed by atoms with Crippen LogP contribution in [-0.2, 0) is 0 Å². The molecule has 10 aromatic rings. The second-order valence-corrected chi connectivity index (χ2v) is 12.5. The molecule has 0 aliphatic carbocycles. The van der Waals surface area contributed by atoms with E-state index in [0.717, 1.165) is 60.7 Å². The molecule has 0 N–H and O–H groups in total. The Morgan fingerprint density at radius 1 is 0.380 bits per heavy atom. The van der Waals surface area contributed by atoms with Gasteiger partial charge in [-0.05, 0) is 47.5 Å². The first kappa shape index (κ1) is 28.2. The molecule has 234 valence electrons. The van der Waals surface area contributed by atoms with Crippen molar-refractivity contribution in [2.75, 3.05) is 0 Å². The van der Waals surface area contributed by atoms with Crippen molar-refractivity contribution < 1.29 is 4.42 Å². The van der Waals surface area contributed by atoms with E-state index in [2.05, 4.69) is 95.6 Å². The van der Waals surface area contributed by atoms with Crippen LogP contribution in [0.4, 0.5) is 0 Å². The topological polar surface area (TPSA) is 56.7 Å². The number of nitrogens with zero attached hydrogens (tertiary/aromatic N) is 4. The van der Waals surface area contributed by atoms with E-state index in [1.807, 2.05) is 78.9 Å². The summed E-state index contributed by atoms with van der Waals surface area (Å²) >= 11 is 0. The van der Waals surface area contributed by atoms with Gasteiger partial charge in [0.2, 0.25) is 0 Å². The van der Waals surface area contributed by atoms with Crippen LogP contribution >= 0.6 is 0 Å². The molecule has 50 heavy (non-hydrogen) atoms. The summed E-state index contributed by atoms with van der Waals surface area (Å²) in [5, 5.41) is 4.30. The third kappa shape index (κ3) is 4.60. The summed E-state index contributed by atoms with van der Waals surface area (Å²) in [7, 11) is 0. The molecule has 0 spiro atoms. The van der Waals surface area contributed by atoms with Gasteiger partial charge in [-0.15, -0.1) is 0 Å². The molecule has 0 fully saturated rings. The van der Waals surface area contributed by atoms with Gasteiger partial charge in [0.1, 0.15) is 11.2 Å². The van der Waals surface area contributed by atoms with Gasteiger partial charge in [0, 0.05) is 43.9 Å². The van der Waals surface area contributed by atoms with Crippen molar-refractivity contribution in [2.45, 2.75) is 0 Å². The van der Waals surface area contributed by atoms with E-state index in [1.54, 1.807) is 0 Å². The summed E-state index contributed by atoms with van der Waals surface area (Å²) in [6.45, 7) is 0. The largest absolute Gasteiger partial charge is 0.456 e. The number of para-hydroxylation sites is 1. The third-order valence-electron chi connectivity index (χ3n) is 9.46. The molecule has 0 amide bonds. The highest BCUT2D eigenvalue weighted by molar-refractivity contribution is 6.19. The van der Waals surface area contributed by atoms with Crippen LogP contribution in [0.5, 0.6) is 0 Å². The molecule has 0 atom stereocenters. The zero-order valence-electron chi connectivity index (χ0n) is 26.9. The van der Waals surface area contributed by atoms with Crippen LogP contribution in [0.2, 0.25) is 0 Å². The standard InChI is InChI=1S/C45H28N4O/c1-4-13-29(14-5-1)30-23-25-33(26-24-30)49-38-21-11-10-19-34(38)36-28-41-37(27-39(36)49)42-35(20-12-22-40(42)50-41)45-47-43(31-15-6-2-7-16-31)46-44(48-45)32-17-8-3-9-18-32/h1-28H. The van der Waals surface area contributed by atoms with Crippen molar-refractivity contribution in [1.82, 2.24) is 19.5 Å². The zero-order chi connectivity index (χ0) is 33.0. The van der Waals surface area contributed by atoms with Crippen molar-refractivity contribution in [2.24, 2.45) is 0 Å². The Hall–Kier alpha value is -6.85. The lowest BCUT2D eigenvalue weighted by molar-refractivity contribution is 0.669. The summed E-state index contributed by atoms with van der Waals surface area (Å²) in [6.07, 6.45) is 0. The fraction of sp³-hybridized carbons (Fsp3) is 0. The summed E-state index contributed by atoms with van der Waals surface area (Å²) in [5.74, 6) is 1.85. The Labute approximate surface area is 287 Å². The molecule has 5 nitrogen and oxygen atoms in total. The van der Waals surface area contributed by atoms with Crippen molar-refractivity contribution >= 4 is 43.7 Å². The van der Waals surface area contributed by atoms with Crippen molar-refractivity contribution in [1.29, 1.82) is 0 Å². The summed E-state index contributed by atoms with van der Waals surface area (Å²) in [4.78, 5) is 15.0. The fourth-order valence-electron chi connectivity index (χ4n) is 7.11. The van der Waals surface area contributed by atoms with Crippen LogP contribution in [0.25, 0.3) is 94.7 Å². The first-order valence-electron chi connectivity index (χ1n) is 16.7. The molecule has 0 radical (unpaired) electrons. The van der Waals surface area contributed by atoms with Crippen LogP contribution in [0.3, 0.4) is 0 Å². The fourth-order valence-corrected chi connectivity index (χ4v) is 7.11. The van der Waals surface area contributed by atoms with E-state index < -0.39 is 0 Å². The maximum atomic E-state index is 6.60. The molecule has 0 aliphatic rings. The van der Waals surface area contributed by atoms with Gasteiger partial charge in [-0.25, -0.2) is 15.0 Å². The number of aromatic nitrogens is 4. The molecule has 7 aromatic carbocycles. The Morgan fingerprint density at radius 3 is 1.64 bits per heavy atom. The summed E-state index contributed by atoms with van der Waals surface area (Å²) < 4.78 is 8.95. The highest BCUT2D eigenvalue weighted by Crippen LogP contribution is 2.41. The van der Waals surface area contributed by atoms with Crippen molar-refractivity contribution in [3.63, 3.8) is 0 Å². The van der Waals surface area contributed by atoms with E-state index in [1.165, 1.54) is 16.5 Å². The van der Waals surface area contributed by atoms with E-state index in [4.69, 9.17) is 19.4 Å². The Kier molecular flexibility index (Phi) is 6.42. The van der Waals surface area contributed by atoms with Gasteiger partial charge in [0.15, 0.2) is 17.5 Å². The summed E-state index contributed by atoms with van der Waals surface area (Å²) in [6, 6.07) is 58.6. The van der Waals surface area contributed by atoms with E-state index >= 15 is 0 Å². The van der Waals surface area contributed by atoms with Crippen molar-refractivity contribution in [3.05, 3.63) is 170 Å². The lowest BCUT2D eigenvalue weighted by Crippen LogP contribution is -2.00. The van der Waals surface area contributed by atoms with Gasteiger partial charge in [-0.2, -0.15) is 0 Å². The Morgan fingerprint density at radius 2 is 0.960 bits per heavy atom. The number of fused-ring (bicyclic) bond motifs is 6. The molecule has 0 unspecified atom stereocenters. The molecule has 3 heterocycles. The minimum Gasteiger partial charge on any atom is -0.456 e. The van der Waals surface area contributed by atoms with Crippen LogP contribution in [0.1, 0.15) is 0 Å². The predicted molar refractivity (Wildman–Crippen MR) is 203 cm³/mol. The second-order valence-electron chi connectivity index (χ2n) is 12.5. The molecule has 10 rings (SSSR count). The second kappa shape index (κ2) is 11.4. The van der Waals surface area contributed by atoms with E-state index in [-0.39, 0.29) is 0 Å². The van der Waals surface area contributed by atoms with Gasteiger partial charge in [0.25, 0.3) is 0 Å². The normalized spacial score (nSPS) is 11.6. The van der Waals surface area contributed by atoms with Gasteiger partial charge in [-0.1, -0.05) is 133 Å². The Balaban J connectivity index is 1.21. The number of benzene rings is 7. The molecule has 5 heteroatoms. The first-order chi connectivity index (χ1) is 24.8. The lowest BCUT2D eigenvalue weighted by atomic mass is 10.0. The van der Waals surface area contributed by atoms with Crippen LogP contribution in [0, 0.1) is 0 Å². The molecule has 0 bridgehead atoms. The number of hydrogen-bond acceptors (Lipinski definition) is 4. The maximum Gasteiger partial charge on any atom is 0.164 e. The van der Waals surface area contributed by atoms with E-state index in [0.29, 0.717) is 17.5 Å². The van der Waals surface area contributed by atoms with Gasteiger partial charge >= 0.3 is 0 Å². The monoisotopic (exact) mass is 640 g/mol. The Bertz CT molecular complexity index is 2780. The molecular formula is C45H28N4O. The smallest absolute Gasteiger partial charge is 0.164 e. The third-order valence-corrected chi connectivity index (χ3v) is 9.46. The average Bonchev–Trinajstić information content (AvgIpc) is 3.72. The number of furan rings is 1. The minimum absolute atomic E-state index is 0.600. The molecule has 3 aromatic heterocycles. The van der Waals surface area contributed by atoms with Crippen LogP contribution in [-0.4, -0.2) is 19.5 Å². The highest BCUT2D eigenvalue weighted by atomic mass is 16.3. The zero-order valence-corrected chi connectivity index (χ0v) is 26.9. The van der Waals surface area contributed by atoms with Gasteiger partial charge in [-0.3, -0.25) is 0 Å². The average molecular weight is 641 g/mol. The number of rotatable bonds is 5. The predicted octanol–water partition coefficient (Wildman–Crippen LogP) is 11.5. The molecule has 0 saturated heterocycles. The lowest BCUT2D eigenvalue weighted by Gasteiger charge is -2.10. The van der Waals surface area contributed by atoms with Gasteiger partial charge < -0.3 is 8.98 Å². The maximum absolute atomic E-state index is 6.60. The van der Waals surface area contributed by atoms with Crippen LogP contribution in [0.15, 0.2) is 174 Å². The van der Waals surface area contributed by atoms with Crippen molar-refractivity contribution in [3.8, 4) is 51.0 Å². The molecular weight excluding hydrogens is 613 g/mol. The number of hydrogen-bond donors (Lipinski definition) is 0. The summed E-state index contributed by atoms with van der Waals surface area (Å²) in [5.41, 5.74) is 10.1.